The van der Waals surface area contributed by atoms with E-state index in [0.717, 1.165) is 11.5 Å². The predicted molar refractivity (Wildman–Crippen MR) is 96.6 cm³/mol. The van der Waals surface area contributed by atoms with E-state index < -0.39 is 0 Å². The summed E-state index contributed by atoms with van der Waals surface area (Å²) in [4.78, 5) is 18.7. The van der Waals surface area contributed by atoms with Gasteiger partial charge in [-0.25, -0.2) is 4.98 Å². The SMILES string of the molecule is CC.Cc1cc(=O)[nH]c(-n2nc(C)cc2NCc2ccccc2)n1. The van der Waals surface area contributed by atoms with Gasteiger partial charge in [-0.15, -0.1) is 0 Å². The minimum Gasteiger partial charge on any atom is -0.366 e. The van der Waals surface area contributed by atoms with Gasteiger partial charge in [-0.05, 0) is 19.4 Å². The van der Waals surface area contributed by atoms with Gasteiger partial charge in [0.15, 0.2) is 0 Å². The molecular formula is C18H23N5O. The van der Waals surface area contributed by atoms with E-state index >= 15 is 0 Å². The van der Waals surface area contributed by atoms with E-state index in [9.17, 15) is 4.79 Å². The number of nitrogens with one attached hydrogen (secondary N) is 2. The van der Waals surface area contributed by atoms with Crippen LogP contribution in [0.1, 0.15) is 30.8 Å². The van der Waals surface area contributed by atoms with Gasteiger partial charge in [-0.1, -0.05) is 44.2 Å². The first-order valence-electron chi connectivity index (χ1n) is 8.04. The minimum absolute atomic E-state index is 0.190. The van der Waals surface area contributed by atoms with E-state index in [4.69, 9.17) is 0 Å². The van der Waals surface area contributed by atoms with Crippen molar-refractivity contribution in [3.8, 4) is 5.95 Å². The van der Waals surface area contributed by atoms with E-state index in [0.29, 0.717) is 18.2 Å². The number of anilines is 1. The molecule has 0 bridgehead atoms. The highest BCUT2D eigenvalue weighted by Crippen LogP contribution is 2.15. The molecule has 0 saturated carbocycles. The van der Waals surface area contributed by atoms with Gasteiger partial charge >= 0.3 is 0 Å². The average molecular weight is 325 g/mol. The zero-order chi connectivity index (χ0) is 17.5. The summed E-state index contributed by atoms with van der Waals surface area (Å²) in [5.41, 5.74) is 2.48. The fraction of sp³-hybridized carbons (Fsp3) is 0.278. The summed E-state index contributed by atoms with van der Waals surface area (Å²) in [6.45, 7) is 8.35. The highest BCUT2D eigenvalue weighted by Gasteiger charge is 2.10. The second kappa shape index (κ2) is 8.10. The van der Waals surface area contributed by atoms with Gasteiger partial charge in [-0.2, -0.15) is 9.78 Å². The molecule has 0 aliphatic rings. The van der Waals surface area contributed by atoms with Crippen LogP contribution in [0.2, 0.25) is 0 Å². The smallest absolute Gasteiger partial charge is 0.252 e. The molecule has 0 aliphatic heterocycles. The first kappa shape index (κ1) is 17.5. The van der Waals surface area contributed by atoms with Crippen molar-refractivity contribution in [2.24, 2.45) is 0 Å². The summed E-state index contributed by atoms with van der Waals surface area (Å²) in [5, 5.41) is 7.72. The fourth-order valence-corrected chi connectivity index (χ4v) is 2.24. The second-order valence-corrected chi connectivity index (χ2v) is 5.13. The van der Waals surface area contributed by atoms with Crippen LogP contribution >= 0.6 is 0 Å². The minimum atomic E-state index is -0.190. The lowest BCUT2D eigenvalue weighted by Gasteiger charge is -2.09. The van der Waals surface area contributed by atoms with Crippen molar-refractivity contribution in [3.63, 3.8) is 0 Å². The monoisotopic (exact) mass is 325 g/mol. The lowest BCUT2D eigenvalue weighted by Crippen LogP contribution is -2.16. The van der Waals surface area contributed by atoms with Gasteiger partial charge in [-0.3, -0.25) is 9.78 Å². The largest absolute Gasteiger partial charge is 0.366 e. The number of H-pyrrole nitrogens is 1. The third-order valence-corrected chi connectivity index (χ3v) is 3.21. The van der Waals surface area contributed by atoms with Gasteiger partial charge in [0, 0.05) is 24.4 Å². The summed E-state index contributed by atoms with van der Waals surface area (Å²) >= 11 is 0. The van der Waals surface area contributed by atoms with Gasteiger partial charge in [0.05, 0.1) is 5.69 Å². The molecule has 2 aromatic heterocycles. The Morgan fingerprint density at radius 1 is 1.08 bits per heavy atom. The topological polar surface area (TPSA) is 75.6 Å². The molecule has 6 heteroatoms. The van der Waals surface area contributed by atoms with Crippen molar-refractivity contribution < 1.29 is 0 Å². The molecular weight excluding hydrogens is 302 g/mol. The molecule has 0 amide bonds. The zero-order valence-electron chi connectivity index (χ0n) is 14.5. The Morgan fingerprint density at radius 3 is 2.46 bits per heavy atom. The summed E-state index contributed by atoms with van der Waals surface area (Å²) in [6.07, 6.45) is 0. The van der Waals surface area contributed by atoms with Gasteiger partial charge in [0.25, 0.3) is 5.56 Å². The van der Waals surface area contributed by atoms with Crippen molar-refractivity contribution in [3.05, 3.63) is 69.8 Å². The van der Waals surface area contributed by atoms with E-state index in [1.165, 1.54) is 11.6 Å². The highest BCUT2D eigenvalue weighted by molar-refractivity contribution is 5.42. The van der Waals surface area contributed by atoms with E-state index in [1.54, 1.807) is 11.6 Å². The first-order chi connectivity index (χ1) is 11.6. The number of aryl methyl sites for hydroxylation is 2. The Balaban J connectivity index is 0.00000100. The molecule has 24 heavy (non-hydrogen) atoms. The summed E-state index contributed by atoms with van der Waals surface area (Å²) in [7, 11) is 0. The molecule has 0 radical (unpaired) electrons. The maximum atomic E-state index is 11.6. The molecule has 0 spiro atoms. The average Bonchev–Trinajstić information content (AvgIpc) is 2.96. The van der Waals surface area contributed by atoms with Crippen LogP contribution in [0.15, 0.2) is 47.3 Å². The van der Waals surface area contributed by atoms with Gasteiger partial charge in [0.1, 0.15) is 5.82 Å². The normalized spacial score (nSPS) is 10.0. The van der Waals surface area contributed by atoms with Crippen molar-refractivity contribution >= 4 is 5.82 Å². The van der Waals surface area contributed by atoms with E-state index in [1.807, 2.05) is 57.2 Å². The molecule has 3 rings (SSSR count). The van der Waals surface area contributed by atoms with Crippen LogP contribution in [0.25, 0.3) is 5.95 Å². The third kappa shape index (κ3) is 4.32. The number of aromatic nitrogens is 4. The highest BCUT2D eigenvalue weighted by atomic mass is 16.1. The third-order valence-electron chi connectivity index (χ3n) is 3.21. The Morgan fingerprint density at radius 2 is 1.79 bits per heavy atom. The van der Waals surface area contributed by atoms with Crippen molar-refractivity contribution in [2.75, 3.05) is 5.32 Å². The summed E-state index contributed by atoms with van der Waals surface area (Å²) < 4.78 is 1.62. The maximum Gasteiger partial charge on any atom is 0.252 e. The van der Waals surface area contributed by atoms with Gasteiger partial charge < -0.3 is 5.32 Å². The Hall–Kier alpha value is -2.89. The first-order valence-corrected chi connectivity index (χ1v) is 8.04. The molecule has 126 valence electrons. The predicted octanol–water partition coefficient (Wildman–Crippen LogP) is 3.21. The van der Waals surface area contributed by atoms with Crippen LogP contribution in [0, 0.1) is 13.8 Å². The van der Waals surface area contributed by atoms with E-state index in [2.05, 4.69) is 20.4 Å². The summed E-state index contributed by atoms with van der Waals surface area (Å²) in [5.74, 6) is 1.20. The lowest BCUT2D eigenvalue weighted by molar-refractivity contribution is 0.784. The molecule has 2 N–H and O–H groups in total. The molecule has 0 unspecified atom stereocenters. The number of rotatable bonds is 4. The molecule has 0 atom stereocenters. The number of benzene rings is 1. The van der Waals surface area contributed by atoms with Crippen LogP contribution in [-0.2, 0) is 6.54 Å². The van der Waals surface area contributed by atoms with Crippen molar-refractivity contribution in [2.45, 2.75) is 34.2 Å². The Labute approximate surface area is 141 Å². The second-order valence-electron chi connectivity index (χ2n) is 5.13. The van der Waals surface area contributed by atoms with Crippen LogP contribution in [0.5, 0.6) is 0 Å². The standard InChI is InChI=1S/C16H17N5O.C2H6/c1-11-9-15(22)19-16(18-11)21-14(8-12(2)20-21)17-10-13-6-4-3-5-7-13;1-2/h3-9,17H,10H2,1-2H3,(H,18,19,22);1-2H3. The Bertz CT molecular complexity index is 836. The molecule has 3 aromatic rings. The van der Waals surface area contributed by atoms with Crippen LogP contribution in [0.4, 0.5) is 5.82 Å². The number of nitrogens with zero attached hydrogens (tertiary/aromatic N) is 3. The van der Waals surface area contributed by atoms with Gasteiger partial charge in [0.2, 0.25) is 5.95 Å². The number of hydrogen-bond donors (Lipinski definition) is 2. The van der Waals surface area contributed by atoms with Crippen LogP contribution in [-0.4, -0.2) is 19.7 Å². The zero-order valence-corrected chi connectivity index (χ0v) is 14.5. The molecule has 1 aromatic carbocycles. The van der Waals surface area contributed by atoms with Crippen molar-refractivity contribution in [1.29, 1.82) is 0 Å². The number of aromatic amines is 1. The van der Waals surface area contributed by atoms with E-state index in [-0.39, 0.29) is 5.56 Å². The maximum absolute atomic E-state index is 11.6. The summed E-state index contributed by atoms with van der Waals surface area (Å²) in [6, 6.07) is 13.5. The van der Waals surface area contributed by atoms with Crippen LogP contribution in [0.3, 0.4) is 0 Å². The molecule has 6 nitrogen and oxygen atoms in total. The number of hydrogen-bond acceptors (Lipinski definition) is 4. The molecule has 0 aliphatic carbocycles. The lowest BCUT2D eigenvalue weighted by atomic mass is 10.2. The molecule has 0 saturated heterocycles. The van der Waals surface area contributed by atoms with Crippen LogP contribution < -0.4 is 10.9 Å². The molecule has 0 fully saturated rings. The Kier molecular flexibility index (Phi) is 5.89. The molecule has 2 heterocycles. The van der Waals surface area contributed by atoms with Crippen molar-refractivity contribution in [1.82, 2.24) is 19.7 Å². The fourth-order valence-electron chi connectivity index (χ4n) is 2.24. The quantitative estimate of drug-likeness (QED) is 0.772.